The van der Waals surface area contributed by atoms with E-state index in [9.17, 15) is 18.0 Å². The van der Waals surface area contributed by atoms with Crippen LogP contribution in [0.15, 0.2) is 93.0 Å². The van der Waals surface area contributed by atoms with Crippen molar-refractivity contribution in [1.29, 1.82) is 0 Å². The van der Waals surface area contributed by atoms with Crippen LogP contribution in [-0.4, -0.2) is 48.7 Å². The number of benzene rings is 3. The van der Waals surface area contributed by atoms with Crippen LogP contribution in [0.2, 0.25) is 0 Å². The third kappa shape index (κ3) is 7.68. The van der Waals surface area contributed by atoms with Gasteiger partial charge in [0.25, 0.3) is 0 Å². The lowest BCUT2D eigenvalue weighted by atomic mass is 10.1. The van der Waals surface area contributed by atoms with E-state index in [1.54, 1.807) is 61.9 Å². The van der Waals surface area contributed by atoms with Gasteiger partial charge in [-0.25, -0.2) is 9.98 Å². The minimum atomic E-state index is -4.76. The van der Waals surface area contributed by atoms with Gasteiger partial charge in [-0.3, -0.25) is 9.69 Å². The average Bonchev–Trinajstić information content (AvgIpc) is 3.29. The number of anilines is 1. The van der Waals surface area contributed by atoms with Crippen LogP contribution in [0.25, 0.3) is 0 Å². The van der Waals surface area contributed by atoms with Crippen molar-refractivity contribution in [3.63, 3.8) is 0 Å². The summed E-state index contributed by atoms with van der Waals surface area (Å²) in [6.07, 6.45) is -2.00. The van der Waals surface area contributed by atoms with Crippen LogP contribution in [0.5, 0.6) is 11.5 Å². The quantitative estimate of drug-likeness (QED) is 0.236. The first-order valence-electron chi connectivity index (χ1n) is 11.2. The fourth-order valence-electron chi connectivity index (χ4n) is 3.27. The third-order valence-electron chi connectivity index (χ3n) is 5.13. The molecule has 1 aliphatic heterocycles. The number of hydrogen-bond donors (Lipinski definition) is 1. The van der Waals surface area contributed by atoms with E-state index in [0.717, 1.165) is 17.7 Å². The summed E-state index contributed by atoms with van der Waals surface area (Å²) in [7, 11) is 1.57. The maximum Gasteiger partial charge on any atom is 0.573 e. The van der Waals surface area contributed by atoms with Gasteiger partial charge in [-0.15, -0.1) is 18.3 Å². The number of amides is 1. The van der Waals surface area contributed by atoms with E-state index in [1.807, 2.05) is 0 Å². The molecule has 4 rings (SSSR count). The van der Waals surface area contributed by atoms with Crippen molar-refractivity contribution in [2.75, 3.05) is 17.8 Å². The Morgan fingerprint density at radius 1 is 1.00 bits per heavy atom. The molecule has 1 saturated heterocycles. The fraction of sp³-hybridized carbons (Fsp3) is 0.115. The van der Waals surface area contributed by atoms with E-state index < -0.39 is 6.36 Å². The highest BCUT2D eigenvalue weighted by Crippen LogP contribution is 2.28. The smallest absolute Gasteiger partial charge is 0.497 e. The number of alkyl halides is 3. The molecule has 3 aromatic carbocycles. The predicted octanol–water partition coefficient (Wildman–Crippen LogP) is 5.13. The molecule has 0 saturated carbocycles. The lowest BCUT2D eigenvalue weighted by Gasteiger charge is -2.15. The molecule has 9 nitrogen and oxygen atoms in total. The number of aliphatic imine (C=N–C) groups is 2. The predicted molar refractivity (Wildman–Crippen MR) is 146 cm³/mol. The highest BCUT2D eigenvalue weighted by Gasteiger charge is 2.31. The zero-order valence-corrected chi connectivity index (χ0v) is 21.2. The van der Waals surface area contributed by atoms with Crippen LogP contribution in [-0.2, 0) is 4.79 Å². The minimum Gasteiger partial charge on any atom is -0.497 e. The lowest BCUT2D eigenvalue weighted by molar-refractivity contribution is -0.274. The van der Waals surface area contributed by atoms with Crippen molar-refractivity contribution in [3.05, 3.63) is 83.9 Å². The van der Waals surface area contributed by atoms with Crippen molar-refractivity contribution in [2.45, 2.75) is 6.36 Å². The molecule has 0 bridgehead atoms. The van der Waals surface area contributed by atoms with Gasteiger partial charge >= 0.3 is 6.36 Å². The number of hydrogen-bond acceptors (Lipinski definition) is 7. The summed E-state index contributed by atoms with van der Waals surface area (Å²) in [5, 5.41) is 8.80. The van der Waals surface area contributed by atoms with Crippen molar-refractivity contribution in [1.82, 2.24) is 0 Å². The monoisotopic (exact) mass is 554 g/mol. The van der Waals surface area contributed by atoms with Gasteiger partial charge in [0, 0.05) is 5.56 Å². The zero-order chi connectivity index (χ0) is 27.8. The standard InChI is InChI=1S/C26H21F3N6O3S/c1-37-21-12-8-20(9-13-21)35-23(36)15-39-25(35)34-33-14-17-2-4-18(5-3-17)24(30)32-16-31-19-6-10-22(11-7-19)38-26(27,28)29/h2-14,16H,15H2,1H3,(H2,30,31,32)/b33-14+,34-25-. The SMILES string of the molecule is COc1ccc(N2C(=O)CS/C2=N\N=C\c2ccc(C(N)=NC=Nc3ccc(OC(F)(F)F)cc3)cc2)cc1. The Balaban J connectivity index is 1.37. The molecule has 0 atom stereocenters. The second kappa shape index (κ2) is 12.3. The van der Waals surface area contributed by atoms with E-state index in [2.05, 4.69) is 24.9 Å². The third-order valence-corrected chi connectivity index (χ3v) is 6.04. The normalized spacial score (nSPS) is 15.6. The average molecular weight is 555 g/mol. The molecule has 2 N–H and O–H groups in total. The number of nitrogens with two attached hydrogens (primary N) is 1. The highest BCUT2D eigenvalue weighted by atomic mass is 32.2. The Hall–Kier alpha value is -4.65. The van der Waals surface area contributed by atoms with E-state index >= 15 is 0 Å². The van der Waals surface area contributed by atoms with Crippen LogP contribution in [0.4, 0.5) is 24.5 Å². The van der Waals surface area contributed by atoms with E-state index in [-0.39, 0.29) is 23.2 Å². The number of halogens is 3. The number of methoxy groups -OCH3 is 1. The number of carbonyl (C=O) groups is 1. The van der Waals surface area contributed by atoms with E-state index in [4.69, 9.17) is 10.5 Å². The van der Waals surface area contributed by atoms with Crippen LogP contribution in [0.1, 0.15) is 11.1 Å². The number of nitrogens with zero attached hydrogens (tertiary/aromatic N) is 5. The van der Waals surface area contributed by atoms with Gasteiger partial charge in [0.1, 0.15) is 23.7 Å². The van der Waals surface area contributed by atoms with Crippen LogP contribution >= 0.6 is 11.8 Å². The molecule has 39 heavy (non-hydrogen) atoms. The van der Waals surface area contributed by atoms with Gasteiger partial charge in [0.05, 0.1) is 30.5 Å². The van der Waals surface area contributed by atoms with Crippen molar-refractivity contribution >= 4 is 52.6 Å². The molecule has 1 heterocycles. The molecular formula is C26H21F3N6O3S. The van der Waals surface area contributed by atoms with Crippen molar-refractivity contribution in [3.8, 4) is 11.5 Å². The Bertz CT molecular complexity index is 1420. The molecule has 3 aromatic rings. The van der Waals surface area contributed by atoms with Gasteiger partial charge in [-0.05, 0) is 54.1 Å². The first-order valence-corrected chi connectivity index (χ1v) is 12.2. The maximum atomic E-state index is 12.4. The molecule has 0 spiro atoms. The molecule has 1 amide bonds. The second-order valence-corrected chi connectivity index (χ2v) is 8.71. The Labute approximate surface area is 225 Å². The number of rotatable bonds is 8. The van der Waals surface area contributed by atoms with E-state index in [1.165, 1.54) is 35.1 Å². The molecule has 13 heteroatoms. The first kappa shape index (κ1) is 27.4. The van der Waals surface area contributed by atoms with Gasteiger partial charge < -0.3 is 15.2 Å². The topological polar surface area (TPSA) is 114 Å². The van der Waals surface area contributed by atoms with Crippen LogP contribution < -0.4 is 20.1 Å². The van der Waals surface area contributed by atoms with Gasteiger partial charge in [0.2, 0.25) is 5.91 Å². The molecule has 0 aliphatic carbocycles. The first-order chi connectivity index (χ1) is 18.7. The molecular weight excluding hydrogens is 533 g/mol. The largest absolute Gasteiger partial charge is 0.573 e. The number of ether oxygens (including phenoxy) is 2. The summed E-state index contributed by atoms with van der Waals surface area (Å²) < 4.78 is 45.7. The van der Waals surface area contributed by atoms with Crippen LogP contribution in [0, 0.1) is 0 Å². The minimum absolute atomic E-state index is 0.0887. The van der Waals surface area contributed by atoms with Gasteiger partial charge in [-0.2, -0.15) is 5.10 Å². The molecule has 0 unspecified atom stereocenters. The van der Waals surface area contributed by atoms with Gasteiger partial charge in [0.15, 0.2) is 5.17 Å². The number of thioether (sulfide) groups is 1. The summed E-state index contributed by atoms with van der Waals surface area (Å²) in [6, 6.07) is 19.1. The lowest BCUT2D eigenvalue weighted by Crippen LogP contribution is -2.28. The van der Waals surface area contributed by atoms with Gasteiger partial charge in [-0.1, -0.05) is 36.0 Å². The second-order valence-electron chi connectivity index (χ2n) is 7.77. The summed E-state index contributed by atoms with van der Waals surface area (Å²) in [5.74, 6) is 0.716. The van der Waals surface area contributed by atoms with E-state index in [0.29, 0.717) is 27.9 Å². The Morgan fingerprint density at radius 3 is 2.31 bits per heavy atom. The molecule has 0 radical (unpaired) electrons. The maximum absolute atomic E-state index is 12.4. The summed E-state index contributed by atoms with van der Waals surface area (Å²) in [5.41, 5.74) is 8.42. The molecule has 200 valence electrons. The van der Waals surface area contributed by atoms with Crippen molar-refractivity contribution < 1.29 is 27.4 Å². The number of amidine groups is 2. The number of carbonyl (C=O) groups excluding carboxylic acids is 1. The summed E-state index contributed by atoms with van der Waals surface area (Å²) in [6.45, 7) is 0. The zero-order valence-electron chi connectivity index (χ0n) is 20.4. The molecule has 1 fully saturated rings. The molecule has 1 aliphatic rings. The summed E-state index contributed by atoms with van der Waals surface area (Å²) >= 11 is 1.30. The highest BCUT2D eigenvalue weighted by molar-refractivity contribution is 8.15. The van der Waals surface area contributed by atoms with Crippen LogP contribution in [0.3, 0.4) is 0 Å². The van der Waals surface area contributed by atoms with Crippen molar-refractivity contribution in [2.24, 2.45) is 25.9 Å². The fourth-order valence-corrected chi connectivity index (χ4v) is 4.10. The Morgan fingerprint density at radius 2 is 1.67 bits per heavy atom. The summed E-state index contributed by atoms with van der Waals surface area (Å²) in [4.78, 5) is 22.0. The molecule has 0 aromatic heterocycles. The Kier molecular flexibility index (Phi) is 8.61.